The third kappa shape index (κ3) is 4.42. The minimum absolute atomic E-state index is 0.148. The smallest absolute Gasteiger partial charge is 0.173 e. The highest BCUT2D eigenvalue weighted by Crippen LogP contribution is 2.07. The van der Waals surface area contributed by atoms with E-state index in [-0.39, 0.29) is 11.7 Å². The standard InChI is InChI=1S/C8H14N2O/c1-2-7(5-9)3-4-8(11)6-10/h5-7,9-10H,2-4H2,1H3. The molecule has 0 fully saturated rings. The van der Waals surface area contributed by atoms with Gasteiger partial charge in [0.25, 0.3) is 0 Å². The Hall–Kier alpha value is -0.990. The topological polar surface area (TPSA) is 64.8 Å². The van der Waals surface area contributed by atoms with Crippen molar-refractivity contribution in [2.24, 2.45) is 5.92 Å². The van der Waals surface area contributed by atoms with Crippen molar-refractivity contribution in [1.82, 2.24) is 0 Å². The molecule has 2 N–H and O–H groups in total. The normalized spacial score (nSPS) is 12.1. The van der Waals surface area contributed by atoms with Crippen molar-refractivity contribution in [2.75, 3.05) is 0 Å². The number of nitrogens with one attached hydrogen (secondary N) is 2. The largest absolute Gasteiger partial charge is 0.313 e. The molecule has 0 aromatic rings. The van der Waals surface area contributed by atoms with Crippen molar-refractivity contribution in [2.45, 2.75) is 26.2 Å². The number of carbonyl (C=O) groups excluding carboxylic acids is 1. The lowest BCUT2D eigenvalue weighted by Crippen LogP contribution is -2.05. The summed E-state index contributed by atoms with van der Waals surface area (Å²) in [6.07, 6.45) is 4.22. The molecule has 11 heavy (non-hydrogen) atoms. The Kier molecular flexibility index (Phi) is 5.25. The highest BCUT2D eigenvalue weighted by Gasteiger charge is 2.04. The van der Waals surface area contributed by atoms with Gasteiger partial charge in [0, 0.05) is 6.42 Å². The highest BCUT2D eigenvalue weighted by molar-refractivity contribution is 6.26. The van der Waals surface area contributed by atoms with Crippen LogP contribution in [0.25, 0.3) is 0 Å². The summed E-state index contributed by atoms with van der Waals surface area (Å²) >= 11 is 0. The van der Waals surface area contributed by atoms with Gasteiger partial charge in [-0.3, -0.25) is 4.79 Å². The number of hydrogen-bond donors (Lipinski definition) is 2. The molecule has 1 unspecified atom stereocenters. The van der Waals surface area contributed by atoms with Gasteiger partial charge in [-0.15, -0.1) is 0 Å². The maximum atomic E-state index is 10.6. The average molecular weight is 154 g/mol. The molecule has 0 amide bonds. The molecule has 0 saturated heterocycles. The van der Waals surface area contributed by atoms with Crippen LogP contribution in [0.2, 0.25) is 0 Å². The van der Waals surface area contributed by atoms with Crippen LogP contribution in [0.4, 0.5) is 0 Å². The van der Waals surface area contributed by atoms with Gasteiger partial charge in [0.05, 0.1) is 6.21 Å². The maximum Gasteiger partial charge on any atom is 0.173 e. The Bertz CT molecular complexity index is 154. The molecule has 0 heterocycles. The molecule has 0 aliphatic carbocycles. The summed E-state index contributed by atoms with van der Waals surface area (Å²) in [7, 11) is 0. The molecule has 0 rings (SSSR count). The number of Topliss-reactive ketones (excluding diaryl/α,β-unsaturated/α-hetero) is 1. The zero-order valence-electron chi connectivity index (χ0n) is 6.76. The van der Waals surface area contributed by atoms with Crippen LogP contribution >= 0.6 is 0 Å². The second kappa shape index (κ2) is 5.77. The molecule has 0 aliphatic rings. The quantitative estimate of drug-likeness (QED) is 0.561. The van der Waals surface area contributed by atoms with Gasteiger partial charge in [0.2, 0.25) is 0 Å². The van der Waals surface area contributed by atoms with Crippen LogP contribution in [0, 0.1) is 16.7 Å². The Morgan fingerprint density at radius 2 is 2.18 bits per heavy atom. The zero-order chi connectivity index (χ0) is 8.69. The fraction of sp³-hybridized carbons (Fsp3) is 0.625. The second-order valence-electron chi connectivity index (χ2n) is 2.48. The first kappa shape index (κ1) is 10.0. The minimum atomic E-state index is -0.148. The molecule has 0 bridgehead atoms. The van der Waals surface area contributed by atoms with E-state index >= 15 is 0 Å². The molecule has 0 aromatic heterocycles. The predicted molar refractivity (Wildman–Crippen MR) is 45.6 cm³/mol. The molecule has 3 heteroatoms. The van der Waals surface area contributed by atoms with E-state index in [9.17, 15) is 4.79 Å². The van der Waals surface area contributed by atoms with Gasteiger partial charge in [-0.05, 0) is 25.0 Å². The van der Waals surface area contributed by atoms with Crippen LogP contribution in [-0.4, -0.2) is 18.2 Å². The van der Waals surface area contributed by atoms with Crippen LogP contribution in [0.1, 0.15) is 26.2 Å². The third-order valence-electron chi connectivity index (χ3n) is 1.68. The van der Waals surface area contributed by atoms with E-state index in [4.69, 9.17) is 10.8 Å². The molecular formula is C8H14N2O. The lowest BCUT2D eigenvalue weighted by molar-refractivity contribution is -0.112. The minimum Gasteiger partial charge on any atom is -0.313 e. The van der Waals surface area contributed by atoms with E-state index in [1.54, 1.807) is 0 Å². The lowest BCUT2D eigenvalue weighted by Gasteiger charge is -2.04. The summed E-state index contributed by atoms with van der Waals surface area (Å²) in [6.45, 7) is 1.99. The van der Waals surface area contributed by atoms with Crippen LogP contribution in [0.15, 0.2) is 0 Å². The highest BCUT2D eigenvalue weighted by atomic mass is 16.1. The van der Waals surface area contributed by atoms with Crippen LogP contribution in [0.3, 0.4) is 0 Å². The summed E-state index contributed by atoms with van der Waals surface area (Å²) in [6, 6.07) is 0. The molecular weight excluding hydrogens is 140 g/mol. The van der Waals surface area contributed by atoms with Crippen molar-refractivity contribution >= 4 is 18.2 Å². The first-order valence-electron chi connectivity index (χ1n) is 3.78. The Labute approximate surface area is 66.8 Å². The van der Waals surface area contributed by atoms with Crippen molar-refractivity contribution < 1.29 is 4.79 Å². The molecule has 0 aliphatic heterocycles. The van der Waals surface area contributed by atoms with E-state index in [0.29, 0.717) is 12.8 Å². The van der Waals surface area contributed by atoms with E-state index in [0.717, 1.165) is 12.6 Å². The zero-order valence-corrected chi connectivity index (χ0v) is 6.76. The van der Waals surface area contributed by atoms with Crippen molar-refractivity contribution in [3.63, 3.8) is 0 Å². The molecule has 3 nitrogen and oxygen atoms in total. The van der Waals surface area contributed by atoms with Crippen LogP contribution in [-0.2, 0) is 4.79 Å². The molecule has 0 saturated carbocycles. The SMILES string of the molecule is CCC(C=N)CCC(=O)C=N. The molecule has 1 atom stereocenters. The van der Waals surface area contributed by atoms with Crippen molar-refractivity contribution in [3.8, 4) is 0 Å². The van der Waals surface area contributed by atoms with Gasteiger partial charge >= 0.3 is 0 Å². The van der Waals surface area contributed by atoms with E-state index in [2.05, 4.69) is 0 Å². The number of carbonyl (C=O) groups is 1. The third-order valence-corrected chi connectivity index (χ3v) is 1.68. The van der Waals surface area contributed by atoms with Gasteiger partial charge in [-0.2, -0.15) is 0 Å². The van der Waals surface area contributed by atoms with Crippen LogP contribution < -0.4 is 0 Å². The fourth-order valence-electron chi connectivity index (χ4n) is 0.805. The summed E-state index contributed by atoms with van der Waals surface area (Å²) in [5, 5.41) is 13.6. The van der Waals surface area contributed by atoms with Gasteiger partial charge in [0.1, 0.15) is 0 Å². The summed E-state index contributed by atoms with van der Waals surface area (Å²) in [5.74, 6) is 0.0594. The number of hydrogen-bond acceptors (Lipinski definition) is 3. The van der Waals surface area contributed by atoms with Crippen molar-refractivity contribution in [3.05, 3.63) is 0 Å². The fourth-order valence-corrected chi connectivity index (χ4v) is 0.805. The van der Waals surface area contributed by atoms with Crippen molar-refractivity contribution in [1.29, 1.82) is 10.8 Å². The summed E-state index contributed by atoms with van der Waals surface area (Å²) < 4.78 is 0. The Morgan fingerprint density at radius 3 is 2.55 bits per heavy atom. The van der Waals surface area contributed by atoms with Gasteiger partial charge in [-0.25, -0.2) is 0 Å². The van der Waals surface area contributed by atoms with Gasteiger partial charge < -0.3 is 10.8 Å². The summed E-state index contributed by atoms with van der Waals surface area (Å²) in [5.41, 5.74) is 0. The van der Waals surface area contributed by atoms with Gasteiger partial charge in [-0.1, -0.05) is 6.92 Å². The lowest BCUT2D eigenvalue weighted by atomic mass is 10.0. The molecule has 62 valence electrons. The van der Waals surface area contributed by atoms with E-state index < -0.39 is 0 Å². The predicted octanol–water partition coefficient (Wildman–Crippen LogP) is 1.66. The van der Waals surface area contributed by atoms with Crippen LogP contribution in [0.5, 0.6) is 0 Å². The summed E-state index contributed by atoms with van der Waals surface area (Å²) in [4.78, 5) is 10.6. The molecule has 0 radical (unpaired) electrons. The maximum absolute atomic E-state index is 10.6. The van der Waals surface area contributed by atoms with E-state index in [1.807, 2.05) is 6.92 Å². The first-order chi connectivity index (χ1) is 5.24. The second-order valence-corrected chi connectivity index (χ2v) is 2.48. The first-order valence-corrected chi connectivity index (χ1v) is 3.78. The molecule has 0 aromatic carbocycles. The average Bonchev–Trinajstić information content (AvgIpc) is 2.06. The van der Waals surface area contributed by atoms with Gasteiger partial charge in [0.15, 0.2) is 5.78 Å². The Morgan fingerprint density at radius 1 is 1.55 bits per heavy atom. The monoisotopic (exact) mass is 154 g/mol. The molecule has 0 spiro atoms. The number of rotatable bonds is 6. The number of ketones is 1. The Balaban J connectivity index is 3.58. The van der Waals surface area contributed by atoms with E-state index in [1.165, 1.54) is 6.21 Å².